The summed E-state index contributed by atoms with van der Waals surface area (Å²) in [4.78, 5) is 19.2. The lowest BCUT2D eigenvalue weighted by Gasteiger charge is -2.20. The molecule has 0 radical (unpaired) electrons. The molecule has 2 heterocycles. The van der Waals surface area contributed by atoms with Crippen LogP contribution in [-0.4, -0.2) is 33.0 Å². The van der Waals surface area contributed by atoms with Crippen LogP contribution in [0.1, 0.15) is 38.2 Å². The summed E-state index contributed by atoms with van der Waals surface area (Å²) in [5, 5.41) is 6.27. The van der Waals surface area contributed by atoms with Crippen molar-refractivity contribution >= 4 is 29.2 Å². The minimum Gasteiger partial charge on any atom is -0.368 e. The predicted octanol–water partition coefficient (Wildman–Crippen LogP) is 2.32. The average Bonchev–Trinajstić information content (AvgIpc) is 2.99. The molecule has 1 atom stereocenters. The summed E-state index contributed by atoms with van der Waals surface area (Å²) < 4.78 is 0. The van der Waals surface area contributed by atoms with E-state index in [1.807, 2.05) is 10.3 Å². The Balaban J connectivity index is 2.23. The minimum atomic E-state index is 0.0800. The Morgan fingerprint density at radius 3 is 2.57 bits per heavy atom. The largest absolute Gasteiger partial charge is 0.368 e. The third kappa shape index (κ3) is 3.78. The average molecular weight is 307 g/mol. The van der Waals surface area contributed by atoms with Crippen molar-refractivity contribution in [3.63, 3.8) is 0 Å². The van der Waals surface area contributed by atoms with Gasteiger partial charge in [0.05, 0.1) is 6.04 Å². The molecule has 3 N–H and O–H groups in total. The molecule has 21 heavy (non-hydrogen) atoms. The minimum absolute atomic E-state index is 0.0800. The van der Waals surface area contributed by atoms with Gasteiger partial charge in [0.2, 0.25) is 17.8 Å². The number of thiazole rings is 1. The summed E-state index contributed by atoms with van der Waals surface area (Å²) in [6.45, 7) is 7.85. The second kappa shape index (κ2) is 7.16. The smallest absolute Gasteiger partial charge is 0.231 e. The third-order valence-corrected chi connectivity index (χ3v) is 4.04. The van der Waals surface area contributed by atoms with Gasteiger partial charge in [0.25, 0.3) is 0 Å². The number of nitrogens with zero attached hydrogens (tertiary/aromatic N) is 5. The predicted molar refractivity (Wildman–Crippen MR) is 86.6 cm³/mol. The highest BCUT2D eigenvalue weighted by Gasteiger charge is 2.15. The van der Waals surface area contributed by atoms with Crippen molar-refractivity contribution in [3.8, 4) is 0 Å². The lowest BCUT2D eigenvalue weighted by atomic mass is 10.2. The van der Waals surface area contributed by atoms with Crippen LogP contribution in [0.2, 0.25) is 0 Å². The lowest BCUT2D eigenvalue weighted by Crippen LogP contribution is -2.25. The van der Waals surface area contributed by atoms with Crippen molar-refractivity contribution in [2.45, 2.75) is 33.2 Å². The van der Waals surface area contributed by atoms with Crippen LogP contribution in [0.5, 0.6) is 0 Å². The molecule has 0 fully saturated rings. The van der Waals surface area contributed by atoms with Crippen LogP contribution in [0.3, 0.4) is 0 Å². The number of nitrogen functional groups attached to an aromatic ring is 1. The maximum Gasteiger partial charge on any atom is 0.231 e. The molecule has 1 unspecified atom stereocenters. The van der Waals surface area contributed by atoms with Crippen LogP contribution in [0, 0.1) is 0 Å². The Bertz CT molecular complexity index is 554. The van der Waals surface area contributed by atoms with Crippen molar-refractivity contribution in [3.05, 3.63) is 16.6 Å². The number of anilines is 3. The highest BCUT2D eigenvalue weighted by atomic mass is 32.1. The molecule has 0 spiro atoms. The van der Waals surface area contributed by atoms with Gasteiger partial charge in [0.1, 0.15) is 5.01 Å². The van der Waals surface area contributed by atoms with E-state index >= 15 is 0 Å². The van der Waals surface area contributed by atoms with Crippen molar-refractivity contribution in [2.75, 3.05) is 29.0 Å². The summed E-state index contributed by atoms with van der Waals surface area (Å²) in [5.74, 6) is 1.32. The maximum absolute atomic E-state index is 5.80. The number of hydrogen-bond acceptors (Lipinski definition) is 8. The van der Waals surface area contributed by atoms with Gasteiger partial charge in [0.15, 0.2) is 0 Å². The van der Waals surface area contributed by atoms with Gasteiger partial charge in [-0.3, -0.25) is 0 Å². The first-order chi connectivity index (χ1) is 10.2. The van der Waals surface area contributed by atoms with Crippen LogP contribution >= 0.6 is 11.3 Å². The molecule has 0 aliphatic carbocycles. The van der Waals surface area contributed by atoms with Crippen molar-refractivity contribution in [2.24, 2.45) is 0 Å². The SMILES string of the molecule is CCC(Nc1nc(N)nc(N(CC)CC)n1)c1nccs1. The first kappa shape index (κ1) is 15.4. The molecule has 8 heteroatoms. The van der Waals surface area contributed by atoms with Gasteiger partial charge < -0.3 is 16.0 Å². The maximum atomic E-state index is 5.80. The fourth-order valence-corrected chi connectivity index (χ4v) is 2.77. The van der Waals surface area contributed by atoms with Crippen molar-refractivity contribution in [1.29, 1.82) is 0 Å². The molecule has 0 saturated heterocycles. The Morgan fingerprint density at radius 2 is 2.00 bits per heavy atom. The summed E-state index contributed by atoms with van der Waals surface area (Å²) in [6, 6.07) is 0.0800. The standard InChI is InChI=1S/C13H21N7S/c1-4-9(10-15-7-8-21-10)16-12-17-11(14)18-13(19-12)20(5-2)6-3/h7-9H,4-6H2,1-3H3,(H3,14,16,17,18,19). The molecule has 114 valence electrons. The van der Waals surface area contributed by atoms with Crippen LogP contribution in [0.4, 0.5) is 17.8 Å². The van der Waals surface area contributed by atoms with E-state index in [0.717, 1.165) is 24.5 Å². The molecule has 0 bridgehead atoms. The summed E-state index contributed by atoms with van der Waals surface area (Å²) in [5.41, 5.74) is 5.80. The van der Waals surface area contributed by atoms with Crippen molar-refractivity contribution in [1.82, 2.24) is 19.9 Å². The normalized spacial score (nSPS) is 12.1. The molecular formula is C13H21N7S. The fourth-order valence-electron chi connectivity index (χ4n) is 1.99. The molecule has 0 aliphatic rings. The van der Waals surface area contributed by atoms with Crippen molar-refractivity contribution < 1.29 is 0 Å². The van der Waals surface area contributed by atoms with Crippen LogP contribution < -0.4 is 16.0 Å². The van der Waals surface area contributed by atoms with Gasteiger partial charge in [-0.15, -0.1) is 11.3 Å². The Kier molecular flexibility index (Phi) is 5.26. The second-order valence-electron chi connectivity index (χ2n) is 4.47. The van der Waals surface area contributed by atoms with Gasteiger partial charge in [-0.1, -0.05) is 6.92 Å². The Morgan fingerprint density at radius 1 is 1.24 bits per heavy atom. The second-order valence-corrected chi connectivity index (χ2v) is 5.39. The van der Waals surface area contributed by atoms with E-state index in [1.165, 1.54) is 0 Å². The number of nitrogens with two attached hydrogens (primary N) is 1. The molecule has 2 aromatic heterocycles. The number of hydrogen-bond donors (Lipinski definition) is 2. The van der Waals surface area contributed by atoms with Crippen LogP contribution in [0.15, 0.2) is 11.6 Å². The highest BCUT2D eigenvalue weighted by Crippen LogP contribution is 2.23. The van der Waals surface area contributed by atoms with Gasteiger partial charge in [-0.2, -0.15) is 15.0 Å². The van der Waals surface area contributed by atoms with E-state index in [2.05, 4.69) is 46.0 Å². The van der Waals surface area contributed by atoms with Gasteiger partial charge in [0, 0.05) is 24.7 Å². The van der Waals surface area contributed by atoms with Gasteiger partial charge in [-0.05, 0) is 20.3 Å². The Hall–Kier alpha value is -1.96. The first-order valence-corrected chi connectivity index (χ1v) is 7.98. The van der Waals surface area contributed by atoms with E-state index in [9.17, 15) is 0 Å². The van der Waals surface area contributed by atoms with E-state index in [4.69, 9.17) is 5.73 Å². The fraction of sp³-hybridized carbons (Fsp3) is 0.538. The quantitative estimate of drug-likeness (QED) is 0.810. The zero-order chi connectivity index (χ0) is 15.2. The van der Waals surface area contributed by atoms with Gasteiger partial charge >= 0.3 is 0 Å². The zero-order valence-corrected chi connectivity index (χ0v) is 13.4. The molecule has 0 saturated carbocycles. The Labute approximate surface area is 128 Å². The molecule has 0 aromatic carbocycles. The third-order valence-electron chi connectivity index (χ3n) is 3.15. The summed E-state index contributed by atoms with van der Waals surface area (Å²) in [7, 11) is 0. The monoisotopic (exact) mass is 307 g/mol. The highest BCUT2D eigenvalue weighted by molar-refractivity contribution is 7.09. The van der Waals surface area contributed by atoms with E-state index < -0.39 is 0 Å². The molecule has 2 aromatic rings. The molecule has 0 amide bonds. The lowest BCUT2D eigenvalue weighted by molar-refractivity contribution is 0.727. The topological polar surface area (TPSA) is 92.8 Å². The van der Waals surface area contributed by atoms with Gasteiger partial charge in [-0.25, -0.2) is 4.98 Å². The molecule has 0 aliphatic heterocycles. The summed E-state index contributed by atoms with van der Waals surface area (Å²) >= 11 is 1.61. The summed E-state index contributed by atoms with van der Waals surface area (Å²) in [6.07, 6.45) is 2.69. The van der Waals surface area contributed by atoms with Crippen LogP contribution in [0.25, 0.3) is 0 Å². The first-order valence-electron chi connectivity index (χ1n) is 7.10. The zero-order valence-electron chi connectivity index (χ0n) is 12.6. The molecule has 2 rings (SSSR count). The number of nitrogens with one attached hydrogen (secondary N) is 1. The number of rotatable bonds is 7. The van der Waals surface area contributed by atoms with E-state index in [-0.39, 0.29) is 12.0 Å². The van der Waals surface area contributed by atoms with E-state index in [1.54, 1.807) is 17.5 Å². The number of aromatic nitrogens is 4. The van der Waals surface area contributed by atoms with E-state index in [0.29, 0.717) is 11.9 Å². The molecule has 7 nitrogen and oxygen atoms in total. The van der Waals surface area contributed by atoms with Crippen LogP contribution in [-0.2, 0) is 0 Å². The molecular weight excluding hydrogens is 286 g/mol.